The fourth-order valence-corrected chi connectivity index (χ4v) is 2.25. The molecule has 2 aromatic rings. The van der Waals surface area contributed by atoms with E-state index in [0.29, 0.717) is 11.6 Å². The number of imidazole rings is 1. The zero-order valence-electron chi connectivity index (χ0n) is 9.43. The first kappa shape index (κ1) is 10.5. The zero-order chi connectivity index (χ0) is 11.7. The van der Waals surface area contributed by atoms with Crippen molar-refractivity contribution in [2.75, 3.05) is 5.32 Å². The molecule has 0 amide bonds. The van der Waals surface area contributed by atoms with Crippen LogP contribution in [0.25, 0.3) is 11.2 Å². The minimum atomic E-state index is -0.303. The Labute approximate surface area is 98.5 Å². The molecule has 6 heteroatoms. The summed E-state index contributed by atoms with van der Waals surface area (Å²) in [5.41, 5.74) is 1.47. The summed E-state index contributed by atoms with van der Waals surface area (Å²) in [4.78, 5) is 15.5. The van der Waals surface area contributed by atoms with Crippen LogP contribution in [0.4, 0.5) is 5.95 Å². The van der Waals surface area contributed by atoms with Crippen molar-refractivity contribution in [1.82, 2.24) is 19.9 Å². The fraction of sp³-hybridized carbons (Fsp3) is 0.545. The Morgan fingerprint density at radius 2 is 2.18 bits per heavy atom. The van der Waals surface area contributed by atoms with Crippen LogP contribution in [0.15, 0.2) is 12.5 Å². The van der Waals surface area contributed by atoms with Crippen LogP contribution < -0.4 is 5.32 Å². The third-order valence-electron chi connectivity index (χ3n) is 3.22. The van der Waals surface area contributed by atoms with Crippen molar-refractivity contribution in [2.45, 2.75) is 37.8 Å². The van der Waals surface area contributed by atoms with Crippen LogP contribution in [0.1, 0.15) is 25.7 Å². The highest BCUT2D eigenvalue weighted by Crippen LogP contribution is 2.21. The number of anilines is 1. The summed E-state index contributed by atoms with van der Waals surface area (Å²) in [6.07, 6.45) is 7.04. The Hall–Kier alpha value is -1.69. The van der Waals surface area contributed by atoms with E-state index in [1.807, 2.05) is 0 Å². The Balaban J connectivity index is 1.79. The summed E-state index contributed by atoms with van der Waals surface area (Å²) in [6.45, 7) is 0. The summed E-state index contributed by atoms with van der Waals surface area (Å²) < 4.78 is 0. The molecule has 6 nitrogen and oxygen atoms in total. The molecular formula is C11H15N5O. The highest BCUT2D eigenvalue weighted by atomic mass is 16.3. The summed E-state index contributed by atoms with van der Waals surface area (Å²) in [5.74, 6) is 0.538. The SMILES string of the molecule is O[C@H]1CCCC[C@H]1Nc1ncc2[nH]cnc2n1. The summed E-state index contributed by atoms with van der Waals surface area (Å²) >= 11 is 0. The largest absolute Gasteiger partial charge is 0.391 e. The van der Waals surface area contributed by atoms with E-state index < -0.39 is 0 Å². The van der Waals surface area contributed by atoms with Gasteiger partial charge in [-0.15, -0.1) is 0 Å². The first-order valence-corrected chi connectivity index (χ1v) is 5.93. The molecule has 0 spiro atoms. The van der Waals surface area contributed by atoms with Crippen molar-refractivity contribution in [3.8, 4) is 0 Å². The first-order valence-electron chi connectivity index (χ1n) is 5.93. The van der Waals surface area contributed by atoms with E-state index in [4.69, 9.17) is 0 Å². The molecular weight excluding hydrogens is 218 g/mol. The van der Waals surface area contributed by atoms with Gasteiger partial charge in [0.2, 0.25) is 5.95 Å². The topological polar surface area (TPSA) is 86.7 Å². The number of aromatic nitrogens is 4. The predicted molar refractivity (Wildman–Crippen MR) is 63.6 cm³/mol. The quantitative estimate of drug-likeness (QED) is 0.722. The molecule has 1 fully saturated rings. The van der Waals surface area contributed by atoms with Crippen molar-refractivity contribution in [1.29, 1.82) is 0 Å². The van der Waals surface area contributed by atoms with Crippen LogP contribution in [0, 0.1) is 0 Å². The average molecular weight is 233 g/mol. The van der Waals surface area contributed by atoms with Gasteiger partial charge in [0.15, 0.2) is 5.65 Å². The molecule has 3 N–H and O–H groups in total. The van der Waals surface area contributed by atoms with E-state index in [1.54, 1.807) is 12.5 Å². The van der Waals surface area contributed by atoms with Gasteiger partial charge in [0.05, 0.1) is 24.7 Å². The minimum Gasteiger partial charge on any atom is -0.391 e. The van der Waals surface area contributed by atoms with Gasteiger partial charge in [-0.1, -0.05) is 12.8 Å². The molecule has 1 saturated carbocycles. The molecule has 0 bridgehead atoms. The van der Waals surface area contributed by atoms with E-state index in [0.717, 1.165) is 31.2 Å². The average Bonchev–Trinajstić information content (AvgIpc) is 2.79. The number of fused-ring (bicyclic) bond motifs is 1. The maximum Gasteiger partial charge on any atom is 0.225 e. The Bertz CT molecular complexity index is 511. The number of aliphatic hydroxyl groups excluding tert-OH is 1. The van der Waals surface area contributed by atoms with Crippen molar-refractivity contribution in [3.63, 3.8) is 0 Å². The van der Waals surface area contributed by atoms with Gasteiger partial charge < -0.3 is 15.4 Å². The molecule has 0 radical (unpaired) electrons. The minimum absolute atomic E-state index is 0.0557. The predicted octanol–water partition coefficient (Wildman–Crippen LogP) is 1.07. The number of nitrogens with zero attached hydrogens (tertiary/aromatic N) is 3. The molecule has 0 aromatic carbocycles. The third kappa shape index (κ3) is 2.08. The lowest BCUT2D eigenvalue weighted by molar-refractivity contribution is 0.116. The second-order valence-electron chi connectivity index (χ2n) is 4.44. The van der Waals surface area contributed by atoms with Gasteiger partial charge in [-0.2, -0.15) is 4.98 Å². The Morgan fingerprint density at radius 1 is 1.29 bits per heavy atom. The molecule has 2 aromatic heterocycles. The van der Waals surface area contributed by atoms with Gasteiger partial charge in [-0.25, -0.2) is 9.97 Å². The van der Waals surface area contributed by atoms with Crippen molar-refractivity contribution in [2.24, 2.45) is 0 Å². The van der Waals surface area contributed by atoms with Crippen LogP contribution in [0.2, 0.25) is 0 Å². The van der Waals surface area contributed by atoms with Crippen molar-refractivity contribution < 1.29 is 5.11 Å². The number of hydrogen-bond acceptors (Lipinski definition) is 5. The molecule has 0 saturated heterocycles. The summed E-state index contributed by atoms with van der Waals surface area (Å²) in [7, 11) is 0. The van der Waals surface area contributed by atoms with Gasteiger partial charge >= 0.3 is 0 Å². The van der Waals surface area contributed by atoms with Crippen LogP contribution in [0.5, 0.6) is 0 Å². The van der Waals surface area contributed by atoms with Crippen molar-refractivity contribution >= 4 is 17.1 Å². The van der Waals surface area contributed by atoms with Crippen LogP contribution in [0.3, 0.4) is 0 Å². The number of aliphatic hydroxyl groups is 1. The van der Waals surface area contributed by atoms with Gasteiger partial charge in [0, 0.05) is 0 Å². The van der Waals surface area contributed by atoms with E-state index >= 15 is 0 Å². The molecule has 3 rings (SSSR count). The number of nitrogens with one attached hydrogen (secondary N) is 2. The van der Waals surface area contributed by atoms with E-state index in [-0.39, 0.29) is 12.1 Å². The lowest BCUT2D eigenvalue weighted by Crippen LogP contribution is -2.36. The number of rotatable bonds is 2. The Morgan fingerprint density at radius 3 is 3.06 bits per heavy atom. The Kier molecular flexibility index (Phi) is 2.64. The van der Waals surface area contributed by atoms with Gasteiger partial charge in [0.1, 0.15) is 5.52 Å². The zero-order valence-corrected chi connectivity index (χ0v) is 9.43. The number of H-pyrrole nitrogens is 1. The van der Waals surface area contributed by atoms with Crippen molar-refractivity contribution in [3.05, 3.63) is 12.5 Å². The summed E-state index contributed by atoms with van der Waals surface area (Å²) in [6, 6.07) is 0.0557. The molecule has 0 aliphatic heterocycles. The van der Waals surface area contributed by atoms with E-state index in [1.165, 1.54) is 0 Å². The molecule has 17 heavy (non-hydrogen) atoms. The van der Waals surface area contributed by atoms with Gasteiger partial charge in [-0.3, -0.25) is 0 Å². The third-order valence-corrected chi connectivity index (χ3v) is 3.22. The van der Waals surface area contributed by atoms with Gasteiger partial charge in [0.25, 0.3) is 0 Å². The lowest BCUT2D eigenvalue weighted by atomic mass is 9.93. The molecule has 90 valence electrons. The number of hydrogen-bond donors (Lipinski definition) is 3. The molecule has 2 heterocycles. The molecule has 1 aliphatic rings. The normalized spacial score (nSPS) is 25.0. The molecule has 2 atom stereocenters. The fourth-order valence-electron chi connectivity index (χ4n) is 2.25. The molecule has 0 unspecified atom stereocenters. The second kappa shape index (κ2) is 4.29. The highest BCUT2D eigenvalue weighted by molar-refractivity contribution is 5.69. The highest BCUT2D eigenvalue weighted by Gasteiger charge is 2.23. The monoisotopic (exact) mass is 233 g/mol. The summed E-state index contributed by atoms with van der Waals surface area (Å²) in [5, 5.41) is 13.1. The standard InChI is InChI=1S/C11H15N5O/c17-9-4-2-1-3-7(9)15-11-12-5-8-10(16-11)14-6-13-8/h5-7,9,17H,1-4H2,(H2,12,13,14,15,16)/t7-,9+/m1/s1. The maximum absolute atomic E-state index is 9.86. The van der Waals surface area contributed by atoms with E-state index in [9.17, 15) is 5.11 Å². The number of aromatic amines is 1. The smallest absolute Gasteiger partial charge is 0.225 e. The lowest BCUT2D eigenvalue weighted by Gasteiger charge is -2.28. The maximum atomic E-state index is 9.86. The van der Waals surface area contributed by atoms with Crippen LogP contribution in [-0.4, -0.2) is 37.2 Å². The van der Waals surface area contributed by atoms with Gasteiger partial charge in [-0.05, 0) is 12.8 Å². The van der Waals surface area contributed by atoms with E-state index in [2.05, 4.69) is 25.3 Å². The second-order valence-corrected chi connectivity index (χ2v) is 4.44. The van der Waals surface area contributed by atoms with Crippen LogP contribution in [-0.2, 0) is 0 Å². The van der Waals surface area contributed by atoms with Crippen LogP contribution >= 0.6 is 0 Å². The molecule has 1 aliphatic carbocycles. The first-order chi connectivity index (χ1) is 8.33.